The van der Waals surface area contributed by atoms with Crippen molar-refractivity contribution in [3.63, 3.8) is 0 Å². The highest BCUT2D eigenvalue weighted by molar-refractivity contribution is 8.15. The van der Waals surface area contributed by atoms with Crippen LogP contribution in [0.5, 0.6) is 0 Å². The van der Waals surface area contributed by atoms with E-state index in [4.69, 9.17) is 18.6 Å². The first-order valence-corrected chi connectivity index (χ1v) is 10.5. The van der Waals surface area contributed by atoms with Crippen molar-refractivity contribution in [3.8, 4) is 0 Å². The molecule has 0 unspecified atom stereocenters. The topological polar surface area (TPSA) is 151 Å². The lowest BCUT2D eigenvalue weighted by Gasteiger charge is -2.24. The quantitative estimate of drug-likeness (QED) is 0.287. The number of aryl methyl sites for hydroxylation is 1. The summed E-state index contributed by atoms with van der Waals surface area (Å²) in [4.78, 5) is 59.0. The molecule has 0 fully saturated rings. The third-order valence-electron chi connectivity index (χ3n) is 3.69. The van der Waals surface area contributed by atoms with Gasteiger partial charge < -0.3 is 28.4 Å². The van der Waals surface area contributed by atoms with Crippen molar-refractivity contribution < 1.29 is 42.2 Å². The number of hydrogen-bond acceptors (Lipinski definition) is 12. The number of esters is 2. The van der Waals surface area contributed by atoms with Crippen molar-refractivity contribution in [1.29, 1.82) is 0 Å². The van der Waals surface area contributed by atoms with Crippen LogP contribution in [0.1, 0.15) is 39.2 Å². The Morgan fingerprint density at radius 3 is 2.23 bits per heavy atom. The van der Waals surface area contributed by atoms with Crippen LogP contribution in [0.3, 0.4) is 0 Å². The lowest BCUT2D eigenvalue weighted by atomic mass is 10.2. The Balaban J connectivity index is 2.56. The Kier molecular flexibility index (Phi) is 10.2. The van der Waals surface area contributed by atoms with Crippen LogP contribution in [-0.4, -0.2) is 46.5 Å². The molecule has 0 saturated heterocycles. The van der Waals surface area contributed by atoms with Crippen LogP contribution in [0.2, 0.25) is 0 Å². The summed E-state index contributed by atoms with van der Waals surface area (Å²) in [5.41, 5.74) is 0. The van der Waals surface area contributed by atoms with Gasteiger partial charge >= 0.3 is 23.1 Å². The molecule has 11 nitrogen and oxygen atoms in total. The molecular weight excluding hydrogens is 454 g/mol. The molecule has 13 heteroatoms. The van der Waals surface area contributed by atoms with Gasteiger partial charge in [-0.3, -0.25) is 9.59 Å². The number of thioether (sulfide) groups is 1. The SMILES string of the molecule is Cc1oc(=O)oc1COC(=O)SC(C)(C)C(=O)N[C@@H](CS)C(=O)OCOC(=O)C(C)C. The van der Waals surface area contributed by atoms with Crippen LogP contribution in [-0.2, 0) is 35.2 Å². The first-order chi connectivity index (χ1) is 14.4. The Bertz CT molecular complexity index is 858. The van der Waals surface area contributed by atoms with Crippen molar-refractivity contribution in [1.82, 2.24) is 5.32 Å². The number of rotatable bonds is 10. The van der Waals surface area contributed by atoms with Crippen molar-refractivity contribution in [3.05, 3.63) is 22.1 Å². The average molecular weight is 480 g/mol. The van der Waals surface area contributed by atoms with Gasteiger partial charge in [0.25, 0.3) is 0 Å². The van der Waals surface area contributed by atoms with E-state index in [1.807, 2.05) is 0 Å². The lowest BCUT2D eigenvalue weighted by molar-refractivity contribution is -0.170. The van der Waals surface area contributed by atoms with Crippen molar-refractivity contribution >= 4 is 47.5 Å². The number of nitrogens with one attached hydrogen (secondary N) is 1. The highest BCUT2D eigenvalue weighted by atomic mass is 32.2. The van der Waals surface area contributed by atoms with Crippen molar-refractivity contribution in [2.24, 2.45) is 5.92 Å². The molecule has 1 rings (SSSR count). The Hall–Kier alpha value is -2.41. The lowest BCUT2D eigenvalue weighted by Crippen LogP contribution is -2.50. The Morgan fingerprint density at radius 2 is 1.71 bits per heavy atom. The maximum absolute atomic E-state index is 12.5. The minimum atomic E-state index is -1.32. The second kappa shape index (κ2) is 11.8. The number of amides is 1. The van der Waals surface area contributed by atoms with Gasteiger partial charge in [0.05, 0.1) is 10.7 Å². The summed E-state index contributed by atoms with van der Waals surface area (Å²) in [6, 6.07) is -1.13. The van der Waals surface area contributed by atoms with Crippen LogP contribution in [0.15, 0.2) is 13.6 Å². The zero-order valence-electron chi connectivity index (χ0n) is 17.7. The maximum atomic E-state index is 12.5. The molecule has 1 aromatic heterocycles. The van der Waals surface area contributed by atoms with Gasteiger partial charge in [-0.25, -0.2) is 14.4 Å². The molecule has 0 aliphatic rings. The molecule has 174 valence electrons. The standard InChI is InChI=1S/C18H25NO10S2/c1-9(2)13(20)26-8-27-14(21)11(7-30)19-15(22)18(4,5)31-17(24)25-6-12-10(3)28-16(23)29-12/h9,11,30H,6-8H2,1-5H3,(H,19,22)/t11-/m0/s1. The van der Waals surface area contributed by atoms with Crippen LogP contribution < -0.4 is 11.1 Å². The van der Waals surface area contributed by atoms with Gasteiger partial charge in [-0.05, 0) is 32.5 Å². The number of carbonyl (C=O) groups excluding carboxylic acids is 4. The first kappa shape index (κ1) is 26.6. The molecule has 0 saturated carbocycles. The molecular formula is C18H25NO10S2. The first-order valence-electron chi connectivity index (χ1n) is 9.07. The summed E-state index contributed by atoms with van der Waals surface area (Å²) in [6.45, 7) is 6.67. The third kappa shape index (κ3) is 8.69. The Morgan fingerprint density at radius 1 is 1.10 bits per heavy atom. The third-order valence-corrected chi connectivity index (χ3v) is 5.03. The molecule has 0 spiro atoms. The molecule has 0 aliphatic heterocycles. The highest BCUT2D eigenvalue weighted by Crippen LogP contribution is 2.27. The van der Waals surface area contributed by atoms with Gasteiger partial charge in [-0.2, -0.15) is 12.6 Å². The zero-order valence-corrected chi connectivity index (χ0v) is 19.4. The summed E-state index contributed by atoms with van der Waals surface area (Å²) in [7, 11) is 0. The predicted octanol–water partition coefficient (Wildman–Crippen LogP) is 1.80. The summed E-state index contributed by atoms with van der Waals surface area (Å²) in [5.74, 6) is -3.22. The second-order valence-corrected chi connectivity index (χ2v) is 8.92. The van der Waals surface area contributed by atoms with Crippen LogP contribution in [0, 0.1) is 12.8 Å². The number of thiol groups is 1. The van der Waals surface area contributed by atoms with Gasteiger partial charge in [0.15, 0.2) is 18.1 Å². The fourth-order valence-corrected chi connectivity index (χ4v) is 2.77. The van der Waals surface area contributed by atoms with Gasteiger partial charge in [0, 0.05) is 5.75 Å². The minimum absolute atomic E-state index is 0.0530. The summed E-state index contributed by atoms with van der Waals surface area (Å²) in [6.07, 6.45) is 0. The van der Waals surface area contributed by atoms with E-state index in [-0.39, 0.29) is 29.8 Å². The smallest absolute Gasteiger partial charge is 0.449 e. The van der Waals surface area contributed by atoms with E-state index in [9.17, 15) is 24.0 Å². The summed E-state index contributed by atoms with van der Waals surface area (Å²) >= 11 is 4.57. The Labute approximate surface area is 187 Å². The number of hydrogen-bond donors (Lipinski definition) is 2. The average Bonchev–Trinajstić information content (AvgIpc) is 3.00. The fraction of sp³-hybridized carbons (Fsp3) is 0.611. The fourth-order valence-electron chi connectivity index (χ4n) is 1.84. The number of ether oxygens (including phenoxy) is 3. The van der Waals surface area contributed by atoms with Gasteiger partial charge in [-0.15, -0.1) is 0 Å². The largest absolute Gasteiger partial charge is 0.519 e. The maximum Gasteiger partial charge on any atom is 0.519 e. The molecule has 0 radical (unpaired) electrons. The van der Waals surface area contributed by atoms with Gasteiger partial charge in [0.2, 0.25) is 12.7 Å². The predicted molar refractivity (Wildman–Crippen MR) is 112 cm³/mol. The molecule has 1 aromatic rings. The summed E-state index contributed by atoms with van der Waals surface area (Å²) in [5, 5.41) is 1.61. The van der Waals surface area contributed by atoms with Gasteiger partial charge in [0.1, 0.15) is 6.04 Å². The van der Waals surface area contributed by atoms with E-state index in [2.05, 4.69) is 22.4 Å². The van der Waals surface area contributed by atoms with E-state index in [0.29, 0.717) is 11.8 Å². The van der Waals surface area contributed by atoms with Crippen LogP contribution >= 0.6 is 24.4 Å². The molecule has 0 aromatic carbocycles. The summed E-state index contributed by atoms with van der Waals surface area (Å²) < 4.78 is 22.6. The molecule has 0 aliphatic carbocycles. The van der Waals surface area contributed by atoms with E-state index in [0.717, 1.165) is 0 Å². The molecule has 1 heterocycles. The van der Waals surface area contributed by atoms with Crippen LogP contribution in [0.25, 0.3) is 0 Å². The molecule has 1 atom stereocenters. The monoisotopic (exact) mass is 479 g/mol. The molecule has 31 heavy (non-hydrogen) atoms. The molecule has 1 amide bonds. The van der Waals surface area contributed by atoms with Crippen LogP contribution in [0.4, 0.5) is 4.79 Å². The van der Waals surface area contributed by atoms with E-state index < -0.39 is 46.6 Å². The van der Waals surface area contributed by atoms with E-state index >= 15 is 0 Å². The van der Waals surface area contributed by atoms with Gasteiger partial charge in [-0.1, -0.05) is 13.8 Å². The zero-order chi connectivity index (χ0) is 23.8. The van der Waals surface area contributed by atoms with E-state index in [1.165, 1.54) is 20.8 Å². The number of carbonyl (C=O) groups is 4. The van der Waals surface area contributed by atoms with E-state index in [1.54, 1.807) is 13.8 Å². The van der Waals surface area contributed by atoms with Crippen molar-refractivity contribution in [2.75, 3.05) is 12.5 Å². The molecule has 0 bridgehead atoms. The highest BCUT2D eigenvalue weighted by Gasteiger charge is 2.35. The normalized spacial score (nSPS) is 12.2. The molecule has 1 N–H and O–H groups in total. The second-order valence-electron chi connectivity index (χ2n) is 6.99. The van der Waals surface area contributed by atoms with Crippen molar-refractivity contribution in [2.45, 2.75) is 52.0 Å². The minimum Gasteiger partial charge on any atom is -0.449 e.